The number of sulfonamides is 1. The van der Waals surface area contributed by atoms with Crippen LogP contribution in [0.1, 0.15) is 30.1 Å². The summed E-state index contributed by atoms with van der Waals surface area (Å²) in [6.45, 7) is 1.56. The summed E-state index contributed by atoms with van der Waals surface area (Å²) in [7, 11) is -7.91. The number of sulfone groups is 1. The number of carbonyl (C=O) groups excluding carboxylic acids is 2. The normalized spacial score (nSPS) is 15.5. The van der Waals surface area contributed by atoms with Crippen LogP contribution in [0.15, 0.2) is 40.1 Å². The van der Waals surface area contributed by atoms with E-state index >= 15 is 0 Å². The van der Waals surface area contributed by atoms with Crippen molar-refractivity contribution >= 4 is 53.1 Å². The molecule has 0 aliphatic carbocycles. The summed E-state index contributed by atoms with van der Waals surface area (Å²) < 4.78 is 56.4. The molecule has 0 radical (unpaired) electrons. The van der Waals surface area contributed by atoms with E-state index < -0.39 is 42.6 Å². The Balaban J connectivity index is 1.74. The average Bonchev–Trinajstić information content (AvgIpc) is 3.23. The van der Waals surface area contributed by atoms with Crippen LogP contribution in [-0.4, -0.2) is 63.9 Å². The minimum absolute atomic E-state index is 0.0164. The standard InChI is InChI=1S/C20H23N3O9S3/c1-3-32-20(25)14-12-17(23(26)27)33-19(14)21-18(24)13-8-10-22(11-9-13)35(30,31)16-7-5-4-6-15(16)34(2,28)29/h4-7,12-13H,3,8-11H2,1-2H3,(H,21,24). The Kier molecular flexibility index (Phi) is 7.93. The van der Waals surface area contributed by atoms with Crippen molar-refractivity contribution in [3.05, 3.63) is 46.0 Å². The van der Waals surface area contributed by atoms with Crippen molar-refractivity contribution in [2.75, 3.05) is 31.3 Å². The summed E-state index contributed by atoms with van der Waals surface area (Å²) in [6.07, 6.45) is 1.19. The molecule has 1 aromatic heterocycles. The van der Waals surface area contributed by atoms with E-state index in [2.05, 4.69) is 5.32 Å². The molecule has 1 amide bonds. The van der Waals surface area contributed by atoms with Gasteiger partial charge in [-0.3, -0.25) is 14.9 Å². The molecular weight excluding hydrogens is 522 g/mol. The van der Waals surface area contributed by atoms with Gasteiger partial charge in [0, 0.05) is 31.3 Å². The number of ether oxygens (including phenoxy) is 1. The van der Waals surface area contributed by atoms with Gasteiger partial charge in [-0.15, -0.1) is 0 Å². The fraction of sp³-hybridized carbons (Fsp3) is 0.400. The van der Waals surface area contributed by atoms with E-state index in [0.29, 0.717) is 11.3 Å². The smallest absolute Gasteiger partial charge is 0.341 e. The highest BCUT2D eigenvalue weighted by Gasteiger charge is 2.35. The van der Waals surface area contributed by atoms with Gasteiger partial charge in [-0.05, 0) is 43.2 Å². The Hall–Kier alpha value is -2.88. The molecule has 190 valence electrons. The maximum absolute atomic E-state index is 13.1. The molecular formula is C20H23N3O9S3. The second kappa shape index (κ2) is 10.4. The minimum Gasteiger partial charge on any atom is -0.462 e. The summed E-state index contributed by atoms with van der Waals surface area (Å²) in [4.78, 5) is 34.8. The first-order chi connectivity index (χ1) is 16.4. The topological polar surface area (TPSA) is 170 Å². The van der Waals surface area contributed by atoms with E-state index in [0.717, 1.165) is 16.6 Å². The molecule has 12 nitrogen and oxygen atoms in total. The number of thiophene rings is 1. The van der Waals surface area contributed by atoms with Crippen molar-refractivity contribution in [2.24, 2.45) is 5.92 Å². The van der Waals surface area contributed by atoms with Gasteiger partial charge in [0.05, 0.1) is 16.4 Å². The van der Waals surface area contributed by atoms with Crippen LogP contribution >= 0.6 is 11.3 Å². The van der Waals surface area contributed by atoms with E-state index in [9.17, 15) is 36.5 Å². The lowest BCUT2D eigenvalue weighted by molar-refractivity contribution is -0.380. The van der Waals surface area contributed by atoms with Gasteiger partial charge in [-0.1, -0.05) is 12.1 Å². The highest BCUT2D eigenvalue weighted by Crippen LogP contribution is 2.35. The molecule has 15 heteroatoms. The monoisotopic (exact) mass is 545 g/mol. The van der Waals surface area contributed by atoms with Crippen molar-refractivity contribution in [1.82, 2.24) is 4.31 Å². The van der Waals surface area contributed by atoms with Gasteiger partial charge in [0.15, 0.2) is 9.84 Å². The highest BCUT2D eigenvalue weighted by atomic mass is 32.2. The number of piperidine rings is 1. The number of carbonyl (C=O) groups is 2. The quantitative estimate of drug-likeness (QED) is 0.297. The van der Waals surface area contributed by atoms with Crippen molar-refractivity contribution in [3.63, 3.8) is 0 Å². The number of amides is 1. The molecule has 1 aromatic carbocycles. The Labute approximate surface area is 206 Å². The third-order valence-corrected chi connectivity index (χ3v) is 9.57. The van der Waals surface area contributed by atoms with Gasteiger partial charge in [-0.25, -0.2) is 21.6 Å². The lowest BCUT2D eigenvalue weighted by atomic mass is 9.97. The maximum atomic E-state index is 13.1. The number of nitro groups is 1. The Morgan fingerprint density at radius 2 is 1.77 bits per heavy atom. The molecule has 2 heterocycles. The van der Waals surface area contributed by atoms with Crippen LogP contribution in [-0.2, 0) is 29.4 Å². The molecule has 0 saturated carbocycles. The van der Waals surface area contributed by atoms with E-state index in [1.165, 1.54) is 24.3 Å². The second-order valence-electron chi connectivity index (χ2n) is 7.69. The fourth-order valence-electron chi connectivity index (χ4n) is 3.60. The van der Waals surface area contributed by atoms with Gasteiger partial charge in [0.25, 0.3) is 0 Å². The van der Waals surface area contributed by atoms with Crippen molar-refractivity contribution < 1.29 is 36.1 Å². The molecule has 35 heavy (non-hydrogen) atoms. The summed E-state index contributed by atoms with van der Waals surface area (Å²) in [5.74, 6) is -1.94. The molecule has 1 N–H and O–H groups in total. The summed E-state index contributed by atoms with van der Waals surface area (Å²) in [6, 6.07) is 6.36. The molecule has 2 aromatic rings. The van der Waals surface area contributed by atoms with E-state index in [1.807, 2.05) is 0 Å². The van der Waals surface area contributed by atoms with Gasteiger partial charge >= 0.3 is 11.0 Å². The van der Waals surface area contributed by atoms with Crippen LogP contribution in [0.25, 0.3) is 0 Å². The van der Waals surface area contributed by atoms with Gasteiger partial charge < -0.3 is 10.1 Å². The molecule has 1 fully saturated rings. The van der Waals surface area contributed by atoms with Crippen LogP contribution in [0.2, 0.25) is 0 Å². The summed E-state index contributed by atoms with van der Waals surface area (Å²) in [5.41, 5.74) is -0.130. The molecule has 3 rings (SSSR count). The first-order valence-corrected chi connectivity index (χ1v) is 14.6. The van der Waals surface area contributed by atoms with Crippen molar-refractivity contribution in [2.45, 2.75) is 29.6 Å². The fourth-order valence-corrected chi connectivity index (χ4v) is 7.54. The van der Waals surface area contributed by atoms with Gasteiger partial charge in [0.2, 0.25) is 15.9 Å². The zero-order valence-corrected chi connectivity index (χ0v) is 21.2. The number of anilines is 1. The molecule has 0 bridgehead atoms. The van der Waals surface area contributed by atoms with Crippen LogP contribution in [0.3, 0.4) is 0 Å². The van der Waals surface area contributed by atoms with E-state index in [4.69, 9.17) is 4.74 Å². The number of rotatable bonds is 8. The second-order valence-corrected chi connectivity index (χ2v) is 12.6. The Morgan fingerprint density at radius 3 is 2.31 bits per heavy atom. The Bertz CT molecular complexity index is 1360. The molecule has 0 unspecified atom stereocenters. The molecule has 1 aliphatic heterocycles. The lowest BCUT2D eigenvalue weighted by Gasteiger charge is -2.30. The van der Waals surface area contributed by atoms with Crippen molar-refractivity contribution in [1.29, 1.82) is 0 Å². The summed E-state index contributed by atoms with van der Waals surface area (Å²) >= 11 is 0.625. The third kappa shape index (κ3) is 5.86. The molecule has 1 saturated heterocycles. The lowest BCUT2D eigenvalue weighted by Crippen LogP contribution is -2.41. The van der Waals surface area contributed by atoms with Crippen molar-refractivity contribution in [3.8, 4) is 0 Å². The summed E-state index contributed by atoms with van der Waals surface area (Å²) in [5, 5.41) is 13.3. The van der Waals surface area contributed by atoms with Gasteiger partial charge in [0.1, 0.15) is 15.5 Å². The zero-order valence-electron chi connectivity index (χ0n) is 18.8. The first-order valence-electron chi connectivity index (χ1n) is 10.4. The number of benzene rings is 1. The number of hydrogen-bond donors (Lipinski definition) is 1. The third-order valence-electron chi connectivity index (χ3n) is 5.32. The maximum Gasteiger partial charge on any atom is 0.341 e. The first kappa shape index (κ1) is 26.7. The molecule has 0 atom stereocenters. The van der Waals surface area contributed by atoms with E-state index in [-0.39, 0.29) is 57.9 Å². The average molecular weight is 546 g/mol. The predicted molar refractivity (Wildman–Crippen MR) is 127 cm³/mol. The molecule has 1 aliphatic rings. The SMILES string of the molecule is CCOC(=O)c1cc([N+](=O)[O-])sc1NC(=O)C1CCN(S(=O)(=O)c2ccccc2S(C)(=O)=O)CC1. The molecule has 0 spiro atoms. The van der Waals surface area contributed by atoms with Crippen LogP contribution in [0.4, 0.5) is 10.0 Å². The number of nitrogens with zero attached hydrogens (tertiary/aromatic N) is 2. The highest BCUT2D eigenvalue weighted by molar-refractivity contribution is 7.93. The minimum atomic E-state index is -4.13. The van der Waals surface area contributed by atoms with Crippen LogP contribution < -0.4 is 5.32 Å². The number of esters is 1. The van der Waals surface area contributed by atoms with Crippen LogP contribution in [0, 0.1) is 16.0 Å². The van der Waals surface area contributed by atoms with Crippen LogP contribution in [0.5, 0.6) is 0 Å². The Morgan fingerprint density at radius 1 is 1.17 bits per heavy atom. The predicted octanol–water partition coefficient (Wildman–Crippen LogP) is 2.28. The largest absolute Gasteiger partial charge is 0.462 e. The zero-order chi connectivity index (χ0) is 26.0. The number of hydrogen-bond acceptors (Lipinski definition) is 10. The number of nitrogens with one attached hydrogen (secondary N) is 1. The van der Waals surface area contributed by atoms with E-state index in [1.54, 1.807) is 6.92 Å². The van der Waals surface area contributed by atoms with Gasteiger partial charge in [-0.2, -0.15) is 4.31 Å².